The molecule has 0 N–H and O–H groups in total. The van der Waals surface area contributed by atoms with Gasteiger partial charge in [0, 0.05) is 24.4 Å². The van der Waals surface area contributed by atoms with Crippen LogP contribution in [0.3, 0.4) is 0 Å². The van der Waals surface area contributed by atoms with Gasteiger partial charge in [-0.2, -0.15) is 0 Å². The Bertz CT molecular complexity index is 820. The van der Waals surface area contributed by atoms with Gasteiger partial charge < -0.3 is 13.9 Å². The summed E-state index contributed by atoms with van der Waals surface area (Å²) >= 11 is 0. The van der Waals surface area contributed by atoms with Crippen molar-refractivity contribution in [3.63, 3.8) is 0 Å². The molecule has 0 saturated carbocycles. The number of benzene rings is 1. The first kappa shape index (κ1) is 12.9. The molecule has 0 atom stereocenters. The number of fused-ring (bicyclic) bond motifs is 1. The number of rotatable bonds is 3. The molecule has 112 valence electrons. The van der Waals surface area contributed by atoms with E-state index < -0.39 is 0 Å². The van der Waals surface area contributed by atoms with Gasteiger partial charge in [-0.3, -0.25) is 4.57 Å². The predicted octanol–water partition coefficient (Wildman–Crippen LogP) is 3.38. The zero-order valence-electron chi connectivity index (χ0n) is 12.3. The highest BCUT2D eigenvalue weighted by molar-refractivity contribution is 5.56. The van der Waals surface area contributed by atoms with E-state index in [2.05, 4.69) is 9.97 Å². The summed E-state index contributed by atoms with van der Waals surface area (Å²) in [5.74, 6) is 3.17. The minimum absolute atomic E-state index is 0.239. The summed E-state index contributed by atoms with van der Waals surface area (Å²) in [7, 11) is 0. The van der Waals surface area contributed by atoms with Gasteiger partial charge in [-0.05, 0) is 12.1 Å². The largest absolute Gasteiger partial charge is 0.454 e. The quantitative estimate of drug-likeness (QED) is 0.741. The van der Waals surface area contributed by atoms with Crippen molar-refractivity contribution in [2.24, 2.45) is 0 Å². The minimum atomic E-state index is 0.239. The van der Waals surface area contributed by atoms with Gasteiger partial charge >= 0.3 is 0 Å². The van der Waals surface area contributed by atoms with Crippen LogP contribution in [0.2, 0.25) is 0 Å². The van der Waals surface area contributed by atoms with Crippen molar-refractivity contribution < 1.29 is 13.9 Å². The van der Waals surface area contributed by atoms with Crippen molar-refractivity contribution in [2.75, 3.05) is 6.79 Å². The van der Waals surface area contributed by atoms with Gasteiger partial charge in [0.25, 0.3) is 0 Å². The van der Waals surface area contributed by atoms with Crippen molar-refractivity contribution in [1.29, 1.82) is 0 Å². The third kappa shape index (κ3) is 2.04. The second-order valence-electron chi connectivity index (χ2n) is 5.38. The molecule has 6 heteroatoms. The lowest BCUT2D eigenvalue weighted by Crippen LogP contribution is -1.97. The average Bonchev–Trinajstić information content (AvgIpc) is 3.25. The molecule has 1 aliphatic heterocycles. The number of aromatic nitrogens is 3. The van der Waals surface area contributed by atoms with Gasteiger partial charge in [0.2, 0.25) is 6.79 Å². The van der Waals surface area contributed by atoms with E-state index in [9.17, 15) is 0 Å². The first-order chi connectivity index (χ1) is 10.7. The van der Waals surface area contributed by atoms with E-state index in [4.69, 9.17) is 13.9 Å². The summed E-state index contributed by atoms with van der Waals surface area (Å²) in [6, 6.07) is 5.78. The van der Waals surface area contributed by atoms with Crippen LogP contribution in [-0.2, 0) is 0 Å². The zero-order valence-corrected chi connectivity index (χ0v) is 12.3. The maximum Gasteiger partial charge on any atom is 0.231 e. The van der Waals surface area contributed by atoms with Crippen LogP contribution in [0.25, 0.3) is 17.2 Å². The van der Waals surface area contributed by atoms with Crippen LogP contribution in [0, 0.1) is 0 Å². The first-order valence-corrected chi connectivity index (χ1v) is 7.11. The molecular weight excluding hydrogens is 282 g/mol. The summed E-state index contributed by atoms with van der Waals surface area (Å²) in [6.45, 7) is 4.34. The molecule has 0 fully saturated rings. The molecule has 0 spiro atoms. The zero-order chi connectivity index (χ0) is 15.1. The van der Waals surface area contributed by atoms with Crippen LogP contribution in [-0.4, -0.2) is 21.3 Å². The molecule has 4 rings (SSSR count). The summed E-state index contributed by atoms with van der Waals surface area (Å²) in [6.07, 6.45) is 5.27. The highest BCUT2D eigenvalue weighted by Gasteiger charge is 2.17. The van der Waals surface area contributed by atoms with Crippen molar-refractivity contribution in [2.45, 2.75) is 19.8 Å². The molecule has 3 aromatic rings. The molecular formula is C16H15N3O3. The van der Waals surface area contributed by atoms with Crippen molar-refractivity contribution in [3.8, 4) is 28.7 Å². The molecule has 0 bridgehead atoms. The van der Waals surface area contributed by atoms with Gasteiger partial charge in [0.05, 0.1) is 5.69 Å². The van der Waals surface area contributed by atoms with Crippen LogP contribution in [0.1, 0.15) is 25.7 Å². The number of hydrogen-bond acceptors (Lipinski definition) is 5. The predicted molar refractivity (Wildman–Crippen MR) is 79.3 cm³/mol. The van der Waals surface area contributed by atoms with Crippen LogP contribution in [0.5, 0.6) is 11.5 Å². The fourth-order valence-electron chi connectivity index (χ4n) is 2.39. The maximum absolute atomic E-state index is 5.51. The Kier molecular flexibility index (Phi) is 2.89. The van der Waals surface area contributed by atoms with Crippen molar-refractivity contribution in [3.05, 3.63) is 42.7 Å². The van der Waals surface area contributed by atoms with Crippen molar-refractivity contribution >= 4 is 0 Å². The highest BCUT2D eigenvalue weighted by Crippen LogP contribution is 2.34. The molecule has 1 aromatic carbocycles. The molecule has 3 heterocycles. The third-order valence-corrected chi connectivity index (χ3v) is 3.52. The van der Waals surface area contributed by atoms with E-state index in [1.54, 1.807) is 12.5 Å². The lowest BCUT2D eigenvalue weighted by Gasteiger charge is -2.07. The van der Waals surface area contributed by atoms with Gasteiger partial charge in [-0.1, -0.05) is 13.8 Å². The number of oxazole rings is 1. The second kappa shape index (κ2) is 4.91. The van der Waals surface area contributed by atoms with Crippen LogP contribution in [0.4, 0.5) is 0 Å². The Morgan fingerprint density at radius 1 is 1.18 bits per heavy atom. The Hall–Kier alpha value is -2.76. The Labute approximate surface area is 127 Å². The molecule has 0 unspecified atom stereocenters. The summed E-state index contributed by atoms with van der Waals surface area (Å²) in [5.41, 5.74) is 1.65. The average molecular weight is 297 g/mol. The molecule has 0 radical (unpaired) electrons. The highest BCUT2D eigenvalue weighted by atomic mass is 16.7. The summed E-state index contributed by atoms with van der Waals surface area (Å²) < 4.78 is 18.2. The maximum atomic E-state index is 5.51. The molecule has 22 heavy (non-hydrogen) atoms. The van der Waals surface area contributed by atoms with Gasteiger partial charge in [-0.15, -0.1) is 0 Å². The molecule has 0 amide bonds. The topological polar surface area (TPSA) is 62.3 Å². The fourth-order valence-corrected chi connectivity index (χ4v) is 2.39. The van der Waals surface area contributed by atoms with E-state index in [-0.39, 0.29) is 12.7 Å². The van der Waals surface area contributed by atoms with Crippen molar-refractivity contribution in [1.82, 2.24) is 14.5 Å². The molecule has 6 nitrogen and oxygen atoms in total. The van der Waals surface area contributed by atoms with Gasteiger partial charge in [0.15, 0.2) is 23.2 Å². The number of ether oxygens (including phenoxy) is 2. The molecule has 1 aliphatic rings. The monoisotopic (exact) mass is 297 g/mol. The number of hydrogen-bond donors (Lipinski definition) is 0. The van der Waals surface area contributed by atoms with Crippen LogP contribution in [0.15, 0.2) is 41.3 Å². The van der Waals surface area contributed by atoms with E-state index in [0.29, 0.717) is 11.6 Å². The van der Waals surface area contributed by atoms with Crippen LogP contribution >= 0.6 is 0 Å². The fraction of sp³-hybridized carbons (Fsp3) is 0.250. The number of imidazole rings is 1. The Morgan fingerprint density at radius 2 is 2.05 bits per heavy atom. The lowest BCUT2D eigenvalue weighted by molar-refractivity contribution is 0.174. The van der Waals surface area contributed by atoms with E-state index in [1.165, 1.54) is 0 Å². The SMILES string of the molecule is CC(C)c1nc(-c2nccn2-c2ccc3c(c2)OCO3)co1. The van der Waals surface area contributed by atoms with E-state index in [1.807, 2.05) is 42.8 Å². The number of nitrogens with zero attached hydrogens (tertiary/aromatic N) is 3. The standard InChI is InChI=1S/C16H15N3O3/c1-10(2)16-18-12(8-20-16)15-17-5-6-19(15)11-3-4-13-14(7-11)22-9-21-13/h3-8,10H,9H2,1-2H3. The molecule has 2 aromatic heterocycles. The summed E-state index contributed by atoms with van der Waals surface area (Å²) in [5, 5.41) is 0. The van der Waals surface area contributed by atoms with Gasteiger partial charge in [-0.25, -0.2) is 9.97 Å². The van der Waals surface area contributed by atoms with Gasteiger partial charge in [0.1, 0.15) is 12.0 Å². The molecule has 0 saturated heterocycles. The minimum Gasteiger partial charge on any atom is -0.454 e. The second-order valence-corrected chi connectivity index (χ2v) is 5.38. The van der Waals surface area contributed by atoms with E-state index in [0.717, 1.165) is 23.0 Å². The van der Waals surface area contributed by atoms with Crippen LogP contribution < -0.4 is 9.47 Å². The third-order valence-electron chi connectivity index (χ3n) is 3.52. The Balaban J connectivity index is 1.76. The first-order valence-electron chi connectivity index (χ1n) is 7.11. The lowest BCUT2D eigenvalue weighted by atomic mass is 10.2. The normalized spacial score (nSPS) is 13.0. The summed E-state index contributed by atoms with van der Waals surface area (Å²) in [4.78, 5) is 8.90. The Morgan fingerprint density at radius 3 is 2.86 bits per heavy atom. The van der Waals surface area contributed by atoms with E-state index >= 15 is 0 Å². The smallest absolute Gasteiger partial charge is 0.231 e. The molecule has 0 aliphatic carbocycles.